The van der Waals surface area contributed by atoms with Crippen LogP contribution in [0.1, 0.15) is 98.8 Å². The maximum absolute atomic E-state index is 12.7. The maximum atomic E-state index is 12.7. The average Bonchev–Trinajstić information content (AvgIpc) is 3.15. The van der Waals surface area contributed by atoms with Crippen LogP contribution in [-0.4, -0.2) is 49.8 Å². The summed E-state index contributed by atoms with van der Waals surface area (Å²) in [5.41, 5.74) is 3.72. The zero-order valence-electron chi connectivity index (χ0n) is 25.7. The fourth-order valence-electron chi connectivity index (χ4n) is 8.73. The molecule has 218 valence electrons. The van der Waals surface area contributed by atoms with E-state index in [1.807, 2.05) is 21.1 Å². The first-order valence-corrected chi connectivity index (χ1v) is 17.0. The quantitative estimate of drug-likeness (QED) is 0.208. The summed E-state index contributed by atoms with van der Waals surface area (Å²) in [6, 6.07) is 0. The van der Waals surface area contributed by atoms with Gasteiger partial charge in [0.2, 0.25) is 0 Å². The maximum Gasteiger partial charge on any atom is 0.472 e. The van der Waals surface area contributed by atoms with E-state index in [-0.39, 0.29) is 18.1 Å². The summed E-state index contributed by atoms with van der Waals surface area (Å²) in [4.78, 5) is 10.4. The van der Waals surface area contributed by atoms with Gasteiger partial charge in [-0.25, -0.2) is 4.57 Å². The van der Waals surface area contributed by atoms with Crippen molar-refractivity contribution in [2.75, 3.05) is 34.3 Å². The van der Waals surface area contributed by atoms with Crippen LogP contribution in [0, 0.1) is 40.4 Å². The molecule has 5 nitrogen and oxygen atoms in total. The van der Waals surface area contributed by atoms with Crippen molar-refractivity contribution in [3.8, 4) is 0 Å². The second-order valence-corrected chi connectivity index (χ2v) is 16.6. The molecule has 8 atom stereocenters. The van der Waals surface area contributed by atoms with E-state index < -0.39 is 7.82 Å². The van der Waals surface area contributed by atoms with E-state index in [0.29, 0.717) is 22.4 Å². The minimum atomic E-state index is -4.05. The zero-order chi connectivity index (χ0) is 27.9. The van der Waals surface area contributed by atoms with E-state index in [4.69, 9.17) is 9.05 Å². The molecule has 4 aliphatic carbocycles. The van der Waals surface area contributed by atoms with Gasteiger partial charge in [-0.2, -0.15) is 0 Å². The summed E-state index contributed by atoms with van der Waals surface area (Å²) in [6.07, 6.45) is 16.6. The van der Waals surface area contributed by atoms with Crippen molar-refractivity contribution in [3.63, 3.8) is 0 Å². The molecule has 4 aliphatic rings. The van der Waals surface area contributed by atoms with Gasteiger partial charge in [-0.05, 0) is 85.4 Å². The Morgan fingerprint density at radius 1 is 1.03 bits per heavy atom. The van der Waals surface area contributed by atoms with Crippen LogP contribution >= 0.6 is 7.82 Å². The van der Waals surface area contributed by atoms with Gasteiger partial charge in [0.1, 0.15) is 13.2 Å². The number of hydrogen-bond donors (Lipinski definition) is 1. The molecule has 6 heteroatoms. The molecule has 0 bridgehead atoms. The lowest BCUT2D eigenvalue weighted by molar-refractivity contribution is -0.870. The van der Waals surface area contributed by atoms with Gasteiger partial charge in [-0.15, -0.1) is 0 Å². The first kappa shape index (κ1) is 30.5. The Balaban J connectivity index is 1.42. The van der Waals surface area contributed by atoms with Crippen molar-refractivity contribution in [1.29, 1.82) is 0 Å². The number of nitrogens with zero attached hydrogens (tertiary/aromatic N) is 1. The van der Waals surface area contributed by atoms with Gasteiger partial charge in [0.05, 0.1) is 27.2 Å². The molecule has 3 saturated carbocycles. The number of hydrogen-bond acceptors (Lipinski definition) is 3. The van der Waals surface area contributed by atoms with Crippen molar-refractivity contribution in [1.82, 2.24) is 0 Å². The molecule has 3 fully saturated rings. The lowest BCUT2D eigenvalue weighted by Gasteiger charge is -2.55. The zero-order valence-corrected chi connectivity index (χ0v) is 26.6. The van der Waals surface area contributed by atoms with Gasteiger partial charge in [-0.3, -0.25) is 9.05 Å². The molecular weight excluding hydrogens is 493 g/mol. The van der Waals surface area contributed by atoms with Gasteiger partial charge in [0, 0.05) is 0 Å². The van der Waals surface area contributed by atoms with Gasteiger partial charge in [0.15, 0.2) is 0 Å². The summed E-state index contributed by atoms with van der Waals surface area (Å²) in [5.74, 6) is 3.80. The number of rotatable bonds is 11. The molecule has 0 spiro atoms. The molecule has 1 N–H and O–H groups in total. The highest BCUT2D eigenvalue weighted by Gasteiger charge is 2.57. The third-order valence-corrected chi connectivity index (χ3v) is 12.1. The molecular formula is C32H57NO4P+. The van der Waals surface area contributed by atoms with Gasteiger partial charge < -0.3 is 9.38 Å². The molecule has 0 aliphatic heterocycles. The van der Waals surface area contributed by atoms with Crippen molar-refractivity contribution < 1.29 is 23.0 Å². The highest BCUT2D eigenvalue weighted by Crippen LogP contribution is 2.66. The van der Waals surface area contributed by atoms with Crippen LogP contribution in [0.3, 0.4) is 0 Å². The topological polar surface area (TPSA) is 55.8 Å². The summed E-state index contributed by atoms with van der Waals surface area (Å²) in [5, 5.41) is 0. The van der Waals surface area contributed by atoms with Crippen LogP contribution in [0.5, 0.6) is 0 Å². The summed E-state index contributed by atoms with van der Waals surface area (Å²) >= 11 is 0. The predicted molar refractivity (Wildman–Crippen MR) is 157 cm³/mol. The van der Waals surface area contributed by atoms with E-state index in [9.17, 15) is 9.46 Å². The highest BCUT2D eigenvalue weighted by atomic mass is 31.2. The smallest absolute Gasteiger partial charge is 0.329 e. The lowest BCUT2D eigenvalue weighted by Crippen LogP contribution is -2.46. The fraction of sp³-hybridized carbons (Fsp3) is 0.875. The molecule has 8 unspecified atom stereocenters. The second-order valence-electron chi connectivity index (χ2n) is 15.2. The Morgan fingerprint density at radius 3 is 2.45 bits per heavy atom. The number of phosphoric ester groups is 1. The van der Waals surface area contributed by atoms with E-state index >= 15 is 0 Å². The largest absolute Gasteiger partial charge is 0.472 e. The Morgan fingerprint density at radius 2 is 1.76 bits per heavy atom. The predicted octanol–water partition coefficient (Wildman–Crippen LogP) is 8.16. The molecule has 0 amide bonds. The molecule has 0 aromatic rings. The van der Waals surface area contributed by atoms with Crippen molar-refractivity contribution in [2.45, 2.75) is 105 Å². The SMILES string of the molecule is CC(C)CCCC(C)C1CCC2C3=CC=C4CC(OP(=O)(O)OCC[N+](C)(C)C)CCC4(C)C3CCC21C. The fourth-order valence-corrected chi connectivity index (χ4v) is 9.66. The first-order chi connectivity index (χ1) is 17.6. The Hall–Kier alpha value is -0.450. The Labute approximate surface area is 233 Å². The average molecular weight is 551 g/mol. The molecule has 38 heavy (non-hydrogen) atoms. The summed E-state index contributed by atoms with van der Waals surface area (Å²) in [7, 11) is 2.07. The lowest BCUT2D eigenvalue weighted by atomic mass is 9.50. The molecule has 4 rings (SSSR count). The van der Waals surface area contributed by atoms with E-state index in [1.165, 1.54) is 50.5 Å². The summed E-state index contributed by atoms with van der Waals surface area (Å²) < 4.78 is 24.4. The van der Waals surface area contributed by atoms with Crippen molar-refractivity contribution >= 4 is 7.82 Å². The van der Waals surface area contributed by atoms with Crippen LogP contribution in [0.15, 0.2) is 23.3 Å². The van der Waals surface area contributed by atoms with E-state index in [2.05, 4.69) is 46.8 Å². The molecule has 0 aromatic carbocycles. The van der Waals surface area contributed by atoms with Crippen LogP contribution in [0.2, 0.25) is 0 Å². The number of likely N-dealkylation sites (N-methyl/N-ethyl adjacent to an activating group) is 1. The van der Waals surface area contributed by atoms with Gasteiger partial charge in [-0.1, -0.05) is 77.2 Å². The minimum Gasteiger partial charge on any atom is -0.329 e. The van der Waals surface area contributed by atoms with Crippen LogP contribution in [0.25, 0.3) is 0 Å². The molecule has 0 heterocycles. The number of phosphoric acid groups is 1. The third-order valence-electron chi connectivity index (χ3n) is 11.0. The monoisotopic (exact) mass is 550 g/mol. The Kier molecular flexibility index (Phi) is 9.18. The molecule has 0 radical (unpaired) electrons. The van der Waals surface area contributed by atoms with Crippen LogP contribution < -0.4 is 0 Å². The van der Waals surface area contributed by atoms with Crippen molar-refractivity contribution in [2.24, 2.45) is 40.4 Å². The van der Waals surface area contributed by atoms with E-state index in [0.717, 1.165) is 42.9 Å². The second kappa shape index (κ2) is 11.4. The highest BCUT2D eigenvalue weighted by molar-refractivity contribution is 7.47. The summed E-state index contributed by atoms with van der Waals surface area (Å²) in [6.45, 7) is 13.2. The minimum absolute atomic E-state index is 0.149. The van der Waals surface area contributed by atoms with Crippen LogP contribution in [0.4, 0.5) is 0 Å². The first-order valence-electron chi connectivity index (χ1n) is 15.5. The number of quaternary nitrogens is 1. The van der Waals surface area contributed by atoms with Crippen LogP contribution in [-0.2, 0) is 13.6 Å². The normalized spacial score (nSPS) is 37.5. The number of fused-ring (bicyclic) bond motifs is 5. The number of allylic oxidation sites excluding steroid dienone is 3. The van der Waals surface area contributed by atoms with E-state index in [1.54, 1.807) is 5.57 Å². The third kappa shape index (κ3) is 6.54. The molecule has 0 aromatic heterocycles. The Bertz CT molecular complexity index is 952. The van der Waals surface area contributed by atoms with Gasteiger partial charge in [0.25, 0.3) is 0 Å². The molecule has 0 saturated heterocycles. The standard InChI is InChI=1S/C32H56NO4P/c1-23(2)10-9-11-24(3)28-14-15-29-27-13-12-25-22-26(37-38(34,35)36-21-20-33(6,7)8)16-18-31(25,4)30(27)17-19-32(28,29)5/h12-13,23-24,26,28-30H,9-11,14-22H2,1-8H3/p+1. The van der Waals surface area contributed by atoms with Gasteiger partial charge >= 0.3 is 7.82 Å². The van der Waals surface area contributed by atoms with Crippen molar-refractivity contribution in [3.05, 3.63) is 23.3 Å².